The zero-order chi connectivity index (χ0) is 16.5. The second-order valence-electron chi connectivity index (χ2n) is 7.34. The second kappa shape index (κ2) is 6.41. The Kier molecular flexibility index (Phi) is 4.95. The second-order valence-corrected chi connectivity index (χ2v) is 8.47. The van der Waals surface area contributed by atoms with E-state index < -0.39 is 0 Å². The summed E-state index contributed by atoms with van der Waals surface area (Å²) < 4.78 is 0. The lowest BCUT2D eigenvalue weighted by molar-refractivity contribution is -0.127. The summed E-state index contributed by atoms with van der Waals surface area (Å²) in [6, 6.07) is 2.02. The van der Waals surface area contributed by atoms with E-state index in [0.29, 0.717) is 11.3 Å². The molecule has 22 heavy (non-hydrogen) atoms. The molecule has 4 nitrogen and oxygen atoms in total. The van der Waals surface area contributed by atoms with Crippen molar-refractivity contribution in [1.29, 1.82) is 0 Å². The number of amides is 2. The summed E-state index contributed by atoms with van der Waals surface area (Å²) in [7, 11) is 3.37. The highest BCUT2D eigenvalue weighted by Gasteiger charge is 2.30. The van der Waals surface area contributed by atoms with Gasteiger partial charge in [0.2, 0.25) is 5.91 Å². The Bertz CT molecular complexity index is 570. The molecule has 0 saturated heterocycles. The molecule has 0 aliphatic heterocycles. The lowest BCUT2D eigenvalue weighted by Gasteiger charge is -2.33. The molecule has 2 amide bonds. The molecule has 0 aromatic carbocycles. The maximum atomic E-state index is 12.2. The van der Waals surface area contributed by atoms with Crippen molar-refractivity contribution in [2.45, 2.75) is 40.0 Å². The molecule has 1 heterocycles. The molecular formula is C17H26N2O2S. The van der Waals surface area contributed by atoms with Crippen LogP contribution in [0.1, 0.15) is 47.3 Å². The molecule has 1 aliphatic rings. The van der Waals surface area contributed by atoms with E-state index in [0.717, 1.165) is 17.7 Å². The maximum Gasteiger partial charge on any atom is 0.261 e. The summed E-state index contributed by atoms with van der Waals surface area (Å²) in [5.74, 6) is 0.435. The number of nitrogens with zero attached hydrogens (tertiary/aromatic N) is 1. The van der Waals surface area contributed by atoms with Gasteiger partial charge in [-0.3, -0.25) is 9.59 Å². The average molecular weight is 322 g/mol. The lowest BCUT2D eigenvalue weighted by Crippen LogP contribution is -2.35. The van der Waals surface area contributed by atoms with Gasteiger partial charge in [0.1, 0.15) is 0 Å². The van der Waals surface area contributed by atoms with Crippen LogP contribution in [-0.2, 0) is 17.6 Å². The molecular weight excluding hydrogens is 296 g/mol. The average Bonchev–Trinajstić information content (AvgIpc) is 2.86. The predicted octanol–water partition coefficient (Wildman–Crippen LogP) is 2.72. The molecule has 1 aliphatic carbocycles. The van der Waals surface area contributed by atoms with Crippen LogP contribution in [0.15, 0.2) is 6.07 Å². The largest absolute Gasteiger partial charge is 0.347 e. The van der Waals surface area contributed by atoms with E-state index >= 15 is 0 Å². The van der Waals surface area contributed by atoms with E-state index in [-0.39, 0.29) is 18.4 Å². The van der Waals surface area contributed by atoms with E-state index in [4.69, 9.17) is 0 Å². The molecule has 0 bridgehead atoms. The quantitative estimate of drug-likeness (QED) is 0.930. The molecule has 0 fully saturated rings. The van der Waals surface area contributed by atoms with Gasteiger partial charge in [-0.15, -0.1) is 11.3 Å². The minimum Gasteiger partial charge on any atom is -0.347 e. The van der Waals surface area contributed by atoms with Crippen molar-refractivity contribution in [2.24, 2.45) is 11.3 Å². The summed E-state index contributed by atoms with van der Waals surface area (Å²) in [6.07, 6.45) is 3.31. The van der Waals surface area contributed by atoms with E-state index in [1.165, 1.54) is 21.8 Å². The van der Waals surface area contributed by atoms with Crippen molar-refractivity contribution in [2.75, 3.05) is 20.6 Å². The number of fused-ring (bicyclic) bond motifs is 1. The zero-order valence-corrected chi connectivity index (χ0v) is 15.0. The predicted molar refractivity (Wildman–Crippen MR) is 90.3 cm³/mol. The molecule has 1 aromatic rings. The van der Waals surface area contributed by atoms with Crippen LogP contribution in [0.3, 0.4) is 0 Å². The Balaban J connectivity index is 2.02. The number of carbonyl (C=O) groups excluding carboxylic acids is 2. The van der Waals surface area contributed by atoms with Gasteiger partial charge in [-0.05, 0) is 42.2 Å². The molecule has 0 radical (unpaired) electrons. The van der Waals surface area contributed by atoms with E-state index in [1.807, 2.05) is 6.07 Å². The molecule has 0 unspecified atom stereocenters. The number of rotatable bonds is 3. The van der Waals surface area contributed by atoms with Gasteiger partial charge in [-0.2, -0.15) is 0 Å². The SMILES string of the molecule is CN(C)C(=O)CNC(=O)c1cc2c(s1)CC[C@H](C(C)(C)C)C2. The normalized spacial score (nSPS) is 17.8. The number of nitrogens with one attached hydrogen (secondary N) is 1. The fourth-order valence-corrected chi connectivity index (χ4v) is 3.90. The highest BCUT2D eigenvalue weighted by Crippen LogP contribution is 2.40. The van der Waals surface area contributed by atoms with Crippen molar-refractivity contribution in [3.63, 3.8) is 0 Å². The Morgan fingerprint density at radius 1 is 1.36 bits per heavy atom. The fraction of sp³-hybridized carbons (Fsp3) is 0.647. The van der Waals surface area contributed by atoms with Crippen molar-refractivity contribution >= 4 is 23.2 Å². The van der Waals surface area contributed by atoms with Crippen LogP contribution in [0.25, 0.3) is 0 Å². The minimum atomic E-state index is -0.137. The third kappa shape index (κ3) is 3.88. The Morgan fingerprint density at radius 2 is 2.05 bits per heavy atom. The van der Waals surface area contributed by atoms with Gasteiger partial charge in [0.25, 0.3) is 5.91 Å². The van der Waals surface area contributed by atoms with Gasteiger partial charge >= 0.3 is 0 Å². The fourth-order valence-electron chi connectivity index (χ4n) is 2.78. The Morgan fingerprint density at radius 3 is 2.64 bits per heavy atom. The molecule has 0 spiro atoms. The number of thiophene rings is 1. The summed E-state index contributed by atoms with van der Waals surface area (Å²) in [4.78, 5) is 27.3. The highest BCUT2D eigenvalue weighted by molar-refractivity contribution is 7.14. The molecule has 5 heteroatoms. The van der Waals surface area contributed by atoms with E-state index in [2.05, 4.69) is 26.1 Å². The first-order chi connectivity index (χ1) is 10.2. The van der Waals surface area contributed by atoms with Gasteiger partial charge in [-0.25, -0.2) is 0 Å². The van der Waals surface area contributed by atoms with Gasteiger partial charge in [0.15, 0.2) is 0 Å². The summed E-state index contributed by atoms with van der Waals surface area (Å²) >= 11 is 1.58. The standard InChI is InChI=1S/C17H26N2O2S/c1-17(2,3)12-6-7-13-11(8-12)9-14(22-13)16(21)18-10-15(20)19(4)5/h9,12H,6-8,10H2,1-5H3,(H,18,21)/t12-/m0/s1. The zero-order valence-electron chi connectivity index (χ0n) is 14.2. The monoisotopic (exact) mass is 322 g/mol. The van der Waals surface area contributed by atoms with Gasteiger partial charge in [0.05, 0.1) is 11.4 Å². The van der Waals surface area contributed by atoms with Crippen LogP contribution in [0, 0.1) is 11.3 Å². The van der Waals surface area contributed by atoms with Gasteiger partial charge in [-0.1, -0.05) is 20.8 Å². The van der Waals surface area contributed by atoms with Gasteiger partial charge < -0.3 is 10.2 Å². The smallest absolute Gasteiger partial charge is 0.261 e. The van der Waals surface area contributed by atoms with Crippen molar-refractivity contribution in [3.05, 3.63) is 21.4 Å². The van der Waals surface area contributed by atoms with Crippen LogP contribution in [0.5, 0.6) is 0 Å². The summed E-state index contributed by atoms with van der Waals surface area (Å²) in [6.45, 7) is 6.92. The molecule has 122 valence electrons. The first-order valence-corrected chi connectivity index (χ1v) is 8.60. The van der Waals surface area contributed by atoms with Crippen LogP contribution >= 0.6 is 11.3 Å². The molecule has 1 aromatic heterocycles. The Hall–Kier alpha value is -1.36. The molecule has 2 rings (SSSR count). The van der Waals surface area contributed by atoms with Crippen molar-refractivity contribution < 1.29 is 9.59 Å². The summed E-state index contributed by atoms with van der Waals surface area (Å²) in [5.41, 5.74) is 1.63. The Labute approximate surface area is 136 Å². The minimum absolute atomic E-state index is 0.0546. The third-order valence-electron chi connectivity index (χ3n) is 4.43. The topological polar surface area (TPSA) is 49.4 Å². The van der Waals surface area contributed by atoms with E-state index in [1.54, 1.807) is 25.4 Å². The van der Waals surface area contributed by atoms with Crippen LogP contribution in [0.4, 0.5) is 0 Å². The first-order valence-electron chi connectivity index (χ1n) is 7.78. The van der Waals surface area contributed by atoms with Gasteiger partial charge in [0, 0.05) is 19.0 Å². The number of hydrogen-bond acceptors (Lipinski definition) is 3. The van der Waals surface area contributed by atoms with Crippen LogP contribution < -0.4 is 5.32 Å². The lowest BCUT2D eigenvalue weighted by atomic mass is 9.72. The highest BCUT2D eigenvalue weighted by atomic mass is 32.1. The molecule has 1 atom stereocenters. The van der Waals surface area contributed by atoms with Crippen molar-refractivity contribution in [1.82, 2.24) is 10.2 Å². The number of hydrogen-bond donors (Lipinski definition) is 1. The third-order valence-corrected chi connectivity index (χ3v) is 5.67. The molecule has 1 N–H and O–H groups in total. The summed E-state index contributed by atoms with van der Waals surface area (Å²) in [5, 5.41) is 2.71. The number of aryl methyl sites for hydroxylation is 1. The van der Waals surface area contributed by atoms with Crippen LogP contribution in [0.2, 0.25) is 0 Å². The van der Waals surface area contributed by atoms with Crippen molar-refractivity contribution in [3.8, 4) is 0 Å². The number of carbonyl (C=O) groups is 2. The van der Waals surface area contributed by atoms with E-state index in [9.17, 15) is 9.59 Å². The molecule has 0 saturated carbocycles. The maximum absolute atomic E-state index is 12.2. The number of likely N-dealkylation sites (N-methyl/N-ethyl adjacent to an activating group) is 1. The van der Waals surface area contributed by atoms with Crippen LogP contribution in [-0.4, -0.2) is 37.4 Å². The first kappa shape index (κ1) is 17.0.